The molecule has 1 atom stereocenters. The second-order valence-corrected chi connectivity index (χ2v) is 4.25. The third-order valence-electron chi connectivity index (χ3n) is 2.74. The number of rotatable bonds is 2. The smallest absolute Gasteiger partial charge is 0.110 e. The number of ether oxygens (including phenoxy) is 1. The highest BCUT2D eigenvalue weighted by Crippen LogP contribution is 2.34. The summed E-state index contributed by atoms with van der Waals surface area (Å²) in [5.74, 6) is 0.934. The number of benzene rings is 1. The Kier molecular flexibility index (Phi) is 2.32. The van der Waals surface area contributed by atoms with Crippen molar-refractivity contribution in [3.05, 3.63) is 48.2 Å². The van der Waals surface area contributed by atoms with Crippen LogP contribution in [0.4, 0.5) is 0 Å². The largest absolute Gasteiger partial charge is 0.492 e. The van der Waals surface area contributed by atoms with Gasteiger partial charge in [0.2, 0.25) is 0 Å². The van der Waals surface area contributed by atoms with Gasteiger partial charge in [-0.05, 0) is 18.9 Å². The number of hydrogen-bond donors (Lipinski definition) is 0. The summed E-state index contributed by atoms with van der Waals surface area (Å²) >= 11 is 0. The van der Waals surface area contributed by atoms with Crippen LogP contribution >= 0.6 is 0 Å². The van der Waals surface area contributed by atoms with Crippen LogP contribution in [0.25, 0.3) is 0 Å². The van der Waals surface area contributed by atoms with Gasteiger partial charge in [-0.3, -0.25) is 0 Å². The maximum Gasteiger partial charge on any atom is 0.110 e. The normalized spacial score (nSPS) is 26.2. The first kappa shape index (κ1) is 9.32. The van der Waals surface area contributed by atoms with Gasteiger partial charge in [0, 0.05) is 12.8 Å². The molecule has 1 saturated heterocycles. The van der Waals surface area contributed by atoms with Crippen molar-refractivity contribution in [2.45, 2.75) is 31.8 Å². The highest BCUT2D eigenvalue weighted by atomic mass is 16.5. The molecule has 1 nitrogen and oxygen atoms in total. The van der Waals surface area contributed by atoms with E-state index in [-0.39, 0.29) is 5.60 Å². The van der Waals surface area contributed by atoms with Gasteiger partial charge in [-0.15, -0.1) is 0 Å². The molecule has 0 aromatic heterocycles. The van der Waals surface area contributed by atoms with Gasteiger partial charge in [-0.1, -0.05) is 36.9 Å². The Hall–Kier alpha value is -1.24. The van der Waals surface area contributed by atoms with E-state index in [1.807, 2.05) is 6.07 Å². The van der Waals surface area contributed by atoms with E-state index in [1.54, 1.807) is 0 Å². The Bertz CT molecular complexity index is 328. The van der Waals surface area contributed by atoms with Crippen molar-refractivity contribution in [2.24, 2.45) is 0 Å². The Labute approximate surface area is 85.4 Å². The van der Waals surface area contributed by atoms with Crippen LogP contribution < -0.4 is 0 Å². The fraction of sp³-hybridized carbons (Fsp3) is 0.385. The van der Waals surface area contributed by atoms with Crippen molar-refractivity contribution >= 4 is 0 Å². The highest BCUT2D eigenvalue weighted by molar-refractivity contribution is 5.18. The van der Waals surface area contributed by atoms with Crippen molar-refractivity contribution in [1.82, 2.24) is 0 Å². The van der Waals surface area contributed by atoms with E-state index < -0.39 is 0 Å². The summed E-state index contributed by atoms with van der Waals surface area (Å²) in [5.41, 5.74) is 1.31. The van der Waals surface area contributed by atoms with Crippen LogP contribution in [0, 0.1) is 0 Å². The topological polar surface area (TPSA) is 9.23 Å². The second kappa shape index (κ2) is 3.49. The van der Waals surface area contributed by atoms with Gasteiger partial charge in [-0.2, -0.15) is 0 Å². The molecule has 0 bridgehead atoms. The van der Waals surface area contributed by atoms with Gasteiger partial charge in [0.05, 0.1) is 5.76 Å². The molecule has 1 aliphatic rings. The van der Waals surface area contributed by atoms with E-state index >= 15 is 0 Å². The minimum Gasteiger partial charge on any atom is -0.492 e. The summed E-state index contributed by atoms with van der Waals surface area (Å²) in [4.78, 5) is 0. The first-order chi connectivity index (χ1) is 6.68. The van der Waals surface area contributed by atoms with E-state index in [2.05, 4.69) is 37.8 Å². The maximum atomic E-state index is 5.76. The lowest BCUT2D eigenvalue weighted by molar-refractivity contribution is 0.0590. The quantitative estimate of drug-likeness (QED) is 0.691. The predicted molar refractivity (Wildman–Crippen MR) is 58.0 cm³/mol. The Morgan fingerprint density at radius 2 is 2.07 bits per heavy atom. The molecule has 1 aliphatic heterocycles. The molecule has 74 valence electrons. The monoisotopic (exact) mass is 188 g/mol. The minimum absolute atomic E-state index is 0.0293. The van der Waals surface area contributed by atoms with Crippen molar-refractivity contribution in [3.63, 3.8) is 0 Å². The van der Waals surface area contributed by atoms with Crippen molar-refractivity contribution in [3.8, 4) is 0 Å². The van der Waals surface area contributed by atoms with Gasteiger partial charge in [0.15, 0.2) is 0 Å². The standard InChI is InChI=1S/C13H16O/c1-11-8-9-13(2,14-11)10-12-6-4-3-5-7-12/h3-7H,1,8-10H2,2H3. The fourth-order valence-corrected chi connectivity index (χ4v) is 2.01. The second-order valence-electron chi connectivity index (χ2n) is 4.25. The first-order valence-corrected chi connectivity index (χ1v) is 5.09. The Morgan fingerprint density at radius 3 is 2.64 bits per heavy atom. The van der Waals surface area contributed by atoms with Crippen LogP contribution in [0.3, 0.4) is 0 Å². The molecule has 0 aliphatic carbocycles. The van der Waals surface area contributed by atoms with Crippen LogP contribution in [0.2, 0.25) is 0 Å². The summed E-state index contributed by atoms with van der Waals surface area (Å²) in [6, 6.07) is 10.5. The Morgan fingerprint density at radius 1 is 1.36 bits per heavy atom. The summed E-state index contributed by atoms with van der Waals surface area (Å²) in [7, 11) is 0. The summed E-state index contributed by atoms with van der Waals surface area (Å²) < 4.78 is 5.76. The summed E-state index contributed by atoms with van der Waals surface area (Å²) in [6.07, 6.45) is 3.07. The summed E-state index contributed by atoms with van der Waals surface area (Å²) in [6.45, 7) is 6.03. The van der Waals surface area contributed by atoms with Crippen LogP contribution in [0.1, 0.15) is 25.3 Å². The third-order valence-corrected chi connectivity index (χ3v) is 2.74. The first-order valence-electron chi connectivity index (χ1n) is 5.09. The zero-order valence-electron chi connectivity index (χ0n) is 8.62. The molecule has 1 heteroatoms. The molecule has 1 heterocycles. The molecule has 0 amide bonds. The summed E-state index contributed by atoms with van der Waals surface area (Å²) in [5, 5.41) is 0. The van der Waals surface area contributed by atoms with Gasteiger partial charge in [0.1, 0.15) is 5.60 Å². The molecular formula is C13H16O. The van der Waals surface area contributed by atoms with Crippen LogP contribution in [0.15, 0.2) is 42.7 Å². The maximum absolute atomic E-state index is 5.76. The Balaban J connectivity index is 2.08. The highest BCUT2D eigenvalue weighted by Gasteiger charge is 2.32. The molecule has 1 aromatic rings. The van der Waals surface area contributed by atoms with Gasteiger partial charge in [0.25, 0.3) is 0 Å². The minimum atomic E-state index is -0.0293. The number of hydrogen-bond acceptors (Lipinski definition) is 1. The molecular weight excluding hydrogens is 172 g/mol. The molecule has 14 heavy (non-hydrogen) atoms. The molecule has 2 rings (SSSR count). The number of allylic oxidation sites excluding steroid dienone is 1. The van der Waals surface area contributed by atoms with E-state index in [9.17, 15) is 0 Å². The van der Waals surface area contributed by atoms with Crippen LogP contribution in [-0.4, -0.2) is 5.60 Å². The van der Waals surface area contributed by atoms with Crippen LogP contribution in [-0.2, 0) is 11.2 Å². The average molecular weight is 188 g/mol. The van der Waals surface area contributed by atoms with Gasteiger partial charge < -0.3 is 4.74 Å². The van der Waals surface area contributed by atoms with Crippen molar-refractivity contribution < 1.29 is 4.74 Å². The SMILES string of the molecule is C=C1CCC(C)(Cc2ccccc2)O1. The molecule has 1 fully saturated rings. The average Bonchev–Trinajstić information content (AvgIpc) is 2.47. The van der Waals surface area contributed by atoms with E-state index in [0.29, 0.717) is 0 Å². The van der Waals surface area contributed by atoms with E-state index in [1.165, 1.54) is 5.56 Å². The lowest BCUT2D eigenvalue weighted by Crippen LogP contribution is -2.25. The van der Waals surface area contributed by atoms with Crippen molar-refractivity contribution in [1.29, 1.82) is 0 Å². The zero-order chi connectivity index (χ0) is 10.0. The lowest BCUT2D eigenvalue weighted by atomic mass is 9.94. The third kappa shape index (κ3) is 1.98. The molecule has 0 radical (unpaired) electrons. The van der Waals surface area contributed by atoms with E-state index in [0.717, 1.165) is 25.0 Å². The molecule has 0 saturated carbocycles. The predicted octanol–water partition coefficient (Wildman–Crippen LogP) is 3.31. The van der Waals surface area contributed by atoms with Crippen LogP contribution in [0.5, 0.6) is 0 Å². The molecule has 1 unspecified atom stereocenters. The molecule has 1 aromatic carbocycles. The molecule has 0 spiro atoms. The molecule has 0 N–H and O–H groups in total. The van der Waals surface area contributed by atoms with Gasteiger partial charge >= 0.3 is 0 Å². The van der Waals surface area contributed by atoms with E-state index in [4.69, 9.17) is 4.74 Å². The van der Waals surface area contributed by atoms with Gasteiger partial charge in [-0.25, -0.2) is 0 Å². The lowest BCUT2D eigenvalue weighted by Gasteiger charge is -2.23. The zero-order valence-corrected chi connectivity index (χ0v) is 8.62. The van der Waals surface area contributed by atoms with Crippen molar-refractivity contribution in [2.75, 3.05) is 0 Å². The fourth-order valence-electron chi connectivity index (χ4n) is 2.01.